The minimum atomic E-state index is -2.73. The maximum atomic E-state index is 14.3. The van der Waals surface area contributed by atoms with Gasteiger partial charge in [0.15, 0.2) is 5.79 Å². The Kier molecular flexibility index (Phi) is 4.42. The normalized spacial score (nSPS) is 41.6. The summed E-state index contributed by atoms with van der Waals surface area (Å²) in [6.45, 7) is 11.2. The van der Waals surface area contributed by atoms with Crippen molar-refractivity contribution in [2.24, 2.45) is 11.8 Å². The first-order chi connectivity index (χ1) is 13.2. The lowest BCUT2D eigenvalue weighted by Gasteiger charge is -2.58. The van der Waals surface area contributed by atoms with Gasteiger partial charge in [0, 0.05) is 25.4 Å². The van der Waals surface area contributed by atoms with Crippen LogP contribution < -0.4 is 0 Å². The van der Waals surface area contributed by atoms with Crippen LogP contribution in [0.4, 0.5) is 13.6 Å². The molecule has 8 heteroatoms. The smallest absolute Gasteiger partial charge is 0.410 e. The average molecular weight is 417 g/mol. The van der Waals surface area contributed by atoms with Crippen molar-refractivity contribution in [1.82, 2.24) is 4.90 Å². The Morgan fingerprint density at radius 2 is 1.72 bits per heavy atom. The Bertz CT molecular complexity index is 702. The monoisotopic (exact) mass is 417 g/mol. The number of carbonyl (C=O) groups excluding carboxylic acids is 1. The minimum absolute atomic E-state index is 0.179. The summed E-state index contributed by atoms with van der Waals surface area (Å²) in [5.74, 6) is -5.15. The lowest BCUT2D eigenvalue weighted by molar-refractivity contribution is -0.399. The summed E-state index contributed by atoms with van der Waals surface area (Å²) in [4.78, 5) is 14.7. The minimum Gasteiger partial charge on any atom is -0.444 e. The first-order valence-corrected chi connectivity index (χ1v) is 10.5. The van der Waals surface area contributed by atoms with Crippen molar-refractivity contribution >= 4 is 6.09 Å². The van der Waals surface area contributed by atoms with Crippen molar-refractivity contribution in [3.63, 3.8) is 0 Å². The van der Waals surface area contributed by atoms with E-state index in [1.807, 2.05) is 13.8 Å². The van der Waals surface area contributed by atoms with Crippen molar-refractivity contribution in [3.05, 3.63) is 0 Å². The highest BCUT2D eigenvalue weighted by atomic mass is 19.3. The second-order valence-corrected chi connectivity index (χ2v) is 10.7. The highest BCUT2D eigenvalue weighted by Crippen LogP contribution is 2.66. The van der Waals surface area contributed by atoms with Crippen LogP contribution in [0, 0.1) is 11.8 Å². The standard InChI is InChI=1S/C21H33F2NO5/c1-17(2,3)29-16(25)24-11-13-15(28-19(6,26-7)18(4,5)27-13)14(20(24)8-9-20)12-10-21(12,22)23/h12-15H,8-11H2,1-7H3/t12?,13-,14-,15+,19+/m1/s1. The summed E-state index contributed by atoms with van der Waals surface area (Å²) in [7, 11) is 1.54. The van der Waals surface area contributed by atoms with Crippen LogP contribution in [0.3, 0.4) is 0 Å². The van der Waals surface area contributed by atoms with Crippen LogP contribution in [0.2, 0.25) is 0 Å². The van der Waals surface area contributed by atoms with Crippen molar-refractivity contribution in [2.75, 3.05) is 13.7 Å². The number of halogens is 2. The fourth-order valence-corrected chi connectivity index (χ4v) is 5.15. The summed E-state index contributed by atoms with van der Waals surface area (Å²) < 4.78 is 52.5. The van der Waals surface area contributed by atoms with Gasteiger partial charge in [-0.15, -0.1) is 0 Å². The zero-order chi connectivity index (χ0) is 21.6. The molecule has 0 N–H and O–H groups in total. The third kappa shape index (κ3) is 3.26. The van der Waals surface area contributed by atoms with Gasteiger partial charge in [0.25, 0.3) is 5.92 Å². The van der Waals surface area contributed by atoms with Crippen molar-refractivity contribution in [2.45, 2.75) is 101 Å². The zero-order valence-corrected chi connectivity index (χ0v) is 18.4. The van der Waals surface area contributed by atoms with Gasteiger partial charge in [-0.05, 0) is 54.4 Å². The van der Waals surface area contributed by atoms with Crippen LogP contribution in [-0.4, -0.2) is 65.3 Å². The summed E-state index contributed by atoms with van der Waals surface area (Å²) >= 11 is 0. The highest BCUT2D eigenvalue weighted by molar-refractivity contribution is 5.70. The molecule has 0 aromatic rings. The van der Waals surface area contributed by atoms with Gasteiger partial charge < -0.3 is 18.9 Å². The topological polar surface area (TPSA) is 57.2 Å². The fraction of sp³-hybridized carbons (Fsp3) is 0.952. The van der Waals surface area contributed by atoms with E-state index < -0.39 is 58.6 Å². The number of likely N-dealkylation sites (tertiary alicyclic amines) is 1. The molecule has 2 saturated carbocycles. The van der Waals surface area contributed by atoms with Crippen LogP contribution >= 0.6 is 0 Å². The Balaban J connectivity index is 1.70. The molecule has 29 heavy (non-hydrogen) atoms. The van der Waals surface area contributed by atoms with Crippen molar-refractivity contribution < 1.29 is 32.5 Å². The van der Waals surface area contributed by atoms with Crippen molar-refractivity contribution in [1.29, 1.82) is 0 Å². The van der Waals surface area contributed by atoms with Crippen LogP contribution in [0.25, 0.3) is 0 Å². The lowest BCUT2D eigenvalue weighted by atomic mass is 9.77. The Morgan fingerprint density at radius 1 is 1.14 bits per heavy atom. The van der Waals surface area contributed by atoms with E-state index in [0.29, 0.717) is 12.8 Å². The Labute approximate surface area is 171 Å². The van der Waals surface area contributed by atoms with Gasteiger partial charge in [-0.1, -0.05) is 0 Å². The van der Waals surface area contributed by atoms with E-state index >= 15 is 0 Å². The number of alkyl halides is 2. The summed E-state index contributed by atoms with van der Waals surface area (Å²) in [6, 6.07) is 0. The maximum Gasteiger partial charge on any atom is 0.410 e. The number of fused-ring (bicyclic) bond motifs is 1. The second-order valence-electron chi connectivity index (χ2n) is 10.7. The number of piperidine rings is 1. The van der Waals surface area contributed by atoms with Crippen LogP contribution in [0.5, 0.6) is 0 Å². The number of hydrogen-bond acceptors (Lipinski definition) is 5. The van der Waals surface area contributed by atoms with Crippen molar-refractivity contribution in [3.8, 4) is 0 Å². The fourth-order valence-electron chi connectivity index (χ4n) is 5.15. The second kappa shape index (κ2) is 6.04. The molecule has 0 radical (unpaired) electrons. The highest BCUT2D eigenvalue weighted by Gasteiger charge is 2.75. The molecule has 5 atom stereocenters. The number of nitrogens with zero attached hydrogens (tertiary/aromatic N) is 1. The van der Waals surface area contributed by atoms with Gasteiger partial charge in [-0.3, -0.25) is 4.90 Å². The van der Waals surface area contributed by atoms with Gasteiger partial charge in [0.1, 0.15) is 17.3 Å². The molecule has 0 aromatic carbocycles. The van der Waals surface area contributed by atoms with E-state index in [9.17, 15) is 13.6 Å². The van der Waals surface area contributed by atoms with Gasteiger partial charge in [0.2, 0.25) is 0 Å². The predicted molar refractivity (Wildman–Crippen MR) is 101 cm³/mol. The molecule has 4 fully saturated rings. The molecule has 1 spiro atoms. The van der Waals surface area contributed by atoms with E-state index in [-0.39, 0.29) is 13.0 Å². The molecule has 0 bridgehead atoms. The van der Waals surface area contributed by atoms with Crippen LogP contribution in [0.15, 0.2) is 0 Å². The van der Waals surface area contributed by atoms with Gasteiger partial charge >= 0.3 is 6.09 Å². The third-order valence-corrected chi connectivity index (χ3v) is 7.22. The molecule has 2 aliphatic heterocycles. The molecular weight excluding hydrogens is 384 g/mol. The third-order valence-electron chi connectivity index (χ3n) is 7.22. The number of hydrogen-bond donors (Lipinski definition) is 0. The van der Waals surface area contributed by atoms with E-state index in [1.165, 1.54) is 7.11 Å². The van der Waals surface area contributed by atoms with Gasteiger partial charge in [0.05, 0.1) is 18.2 Å². The van der Waals surface area contributed by atoms with E-state index in [2.05, 4.69) is 0 Å². The molecule has 4 aliphatic rings. The van der Waals surface area contributed by atoms with Gasteiger partial charge in [-0.2, -0.15) is 0 Å². The first kappa shape index (κ1) is 21.2. The zero-order valence-electron chi connectivity index (χ0n) is 18.4. The summed E-state index contributed by atoms with van der Waals surface area (Å²) in [5.41, 5.74) is -2.14. The SMILES string of the molecule is CO[C@@]1(C)O[C@@H]2[C@@H](C3CC3(F)F)C3(CC3)N(C(=O)OC(C)(C)C)C[C@H]2OC1(C)C. The Hall–Kier alpha value is -0.990. The molecule has 2 aliphatic carbocycles. The molecule has 4 rings (SSSR count). The van der Waals surface area contributed by atoms with Crippen LogP contribution in [-0.2, 0) is 18.9 Å². The predicted octanol–water partition coefficient (Wildman–Crippen LogP) is 3.97. The number of methoxy groups -OCH3 is 1. The quantitative estimate of drug-likeness (QED) is 0.681. The lowest BCUT2D eigenvalue weighted by Crippen LogP contribution is -2.72. The molecule has 1 unspecified atom stereocenters. The first-order valence-electron chi connectivity index (χ1n) is 10.5. The summed E-state index contributed by atoms with van der Waals surface area (Å²) in [5, 5.41) is 0. The molecule has 2 saturated heterocycles. The van der Waals surface area contributed by atoms with E-state index in [1.54, 1.807) is 32.6 Å². The largest absolute Gasteiger partial charge is 0.444 e. The number of amides is 1. The summed E-state index contributed by atoms with van der Waals surface area (Å²) in [6.07, 6.45) is -0.391. The number of carbonyl (C=O) groups is 1. The molecular formula is C21H33F2NO5. The number of ether oxygens (including phenoxy) is 4. The number of rotatable bonds is 2. The molecule has 0 aromatic heterocycles. The molecule has 2 heterocycles. The average Bonchev–Trinajstić information content (AvgIpc) is 3.45. The van der Waals surface area contributed by atoms with E-state index in [4.69, 9.17) is 18.9 Å². The van der Waals surface area contributed by atoms with Crippen LogP contribution in [0.1, 0.15) is 60.8 Å². The molecule has 6 nitrogen and oxygen atoms in total. The molecule has 166 valence electrons. The van der Waals surface area contributed by atoms with Gasteiger partial charge in [-0.25, -0.2) is 13.6 Å². The Morgan fingerprint density at radius 3 is 2.17 bits per heavy atom. The maximum absolute atomic E-state index is 14.3. The van der Waals surface area contributed by atoms with E-state index in [0.717, 1.165) is 0 Å². The molecule has 1 amide bonds.